The van der Waals surface area contributed by atoms with Gasteiger partial charge in [-0.15, -0.1) is 0 Å². The number of fused-ring (bicyclic) bond motifs is 1. The summed E-state index contributed by atoms with van der Waals surface area (Å²) in [5.74, 6) is -4.64. The Balaban J connectivity index is 0.808. The van der Waals surface area contributed by atoms with Gasteiger partial charge in [-0.1, -0.05) is 18.2 Å². The number of alkyl halides is 3. The fourth-order valence-corrected chi connectivity index (χ4v) is 8.42. The Bertz CT molecular complexity index is 2990. The first kappa shape index (κ1) is 53.2. The second-order valence-corrected chi connectivity index (χ2v) is 18.7. The highest BCUT2D eigenvalue weighted by molar-refractivity contribution is 6.25. The lowest BCUT2D eigenvalue weighted by molar-refractivity contribution is -0.136. The molecule has 0 saturated carbocycles. The molecule has 0 aliphatic carbocycles. The molecule has 0 radical (unpaired) electrons. The number of hydrogen-bond donors (Lipinski definition) is 4. The summed E-state index contributed by atoms with van der Waals surface area (Å²) in [6.07, 6.45) is -2.66. The van der Waals surface area contributed by atoms with E-state index in [9.17, 15) is 46.7 Å². The molecule has 75 heavy (non-hydrogen) atoms. The topological polar surface area (TPSA) is 279 Å². The number of likely N-dealkylation sites (N-methyl/N-ethyl adjacent to an activating group) is 1. The molecular weight excluding hydrogens is 990 g/mol. The number of nitrogens with zero attached hydrogens (tertiary/aromatic N) is 8. The molecule has 3 aliphatic rings. The van der Waals surface area contributed by atoms with E-state index >= 15 is 0 Å². The third-order valence-corrected chi connectivity index (χ3v) is 12.0. The number of piperidine rings is 1. The Labute approximate surface area is 426 Å². The van der Waals surface area contributed by atoms with Gasteiger partial charge in [-0.3, -0.25) is 53.7 Å². The lowest BCUT2D eigenvalue weighted by Crippen LogP contribution is -2.54. The molecule has 2 fully saturated rings. The molecule has 5 aromatic rings. The van der Waals surface area contributed by atoms with Gasteiger partial charge in [-0.05, 0) is 76.2 Å². The van der Waals surface area contributed by atoms with Gasteiger partial charge in [0.05, 0.1) is 48.5 Å². The number of oxazole rings is 1. The van der Waals surface area contributed by atoms with Crippen LogP contribution in [0.1, 0.15) is 80.9 Å². The van der Waals surface area contributed by atoms with Crippen molar-refractivity contribution >= 4 is 58.7 Å². The van der Waals surface area contributed by atoms with Gasteiger partial charge in [0.25, 0.3) is 23.6 Å². The number of ether oxygens (including phenoxy) is 3. The maximum Gasteiger partial charge on any atom is 0.416 e. The van der Waals surface area contributed by atoms with E-state index < -0.39 is 71.7 Å². The minimum absolute atomic E-state index is 0.0315. The molecule has 7 amide bonds. The molecule has 396 valence electrons. The smallest absolute Gasteiger partial charge is 0.416 e. The molecule has 0 spiro atoms. The molecule has 8 rings (SSSR count). The van der Waals surface area contributed by atoms with E-state index in [2.05, 4.69) is 40.8 Å². The van der Waals surface area contributed by atoms with Crippen LogP contribution in [-0.4, -0.2) is 160 Å². The fourth-order valence-electron chi connectivity index (χ4n) is 8.42. The molecule has 3 aliphatic heterocycles. The van der Waals surface area contributed by atoms with E-state index in [1.807, 2.05) is 19.2 Å². The Morgan fingerprint density at radius 2 is 1.77 bits per heavy atom. The molecule has 2 atom stereocenters. The van der Waals surface area contributed by atoms with Gasteiger partial charge in [0.1, 0.15) is 36.5 Å². The molecule has 23 nitrogen and oxygen atoms in total. The summed E-state index contributed by atoms with van der Waals surface area (Å²) in [6, 6.07) is 13.6. The number of hydrogen-bond acceptors (Lipinski definition) is 17. The van der Waals surface area contributed by atoms with Crippen LogP contribution in [0, 0.1) is 0 Å². The predicted octanol–water partition coefficient (Wildman–Crippen LogP) is 4.20. The van der Waals surface area contributed by atoms with Crippen LogP contribution in [0.2, 0.25) is 0 Å². The number of carbonyl (C=O) groups excluding carboxylic acids is 7. The molecule has 26 heteroatoms. The molecule has 2 aromatic carbocycles. The SMILES string of the molecule is CN(Cc1ccc(-n2cc(NC(=O)c3coc(-c4ccnc(N(CC(F)(F)F)C(=O)OC(C)(C)C)c4)n3)c(C(N)=O)n2)cc1)C1CN(CCOCCNc2cccc3c2C(=O)N(C2CCC(=O)NC2=O)C3=O)CCO1. The zero-order valence-electron chi connectivity index (χ0n) is 41.1. The highest BCUT2D eigenvalue weighted by Crippen LogP contribution is 2.33. The average Bonchev–Trinajstić information content (AvgIpc) is 4.10. The van der Waals surface area contributed by atoms with Crippen LogP contribution in [0.4, 0.5) is 35.2 Å². The molecule has 3 aromatic heterocycles. The second-order valence-electron chi connectivity index (χ2n) is 18.7. The maximum atomic E-state index is 13.5. The maximum absolute atomic E-state index is 13.5. The summed E-state index contributed by atoms with van der Waals surface area (Å²) in [5, 5.41) is 12.2. The number of rotatable bonds is 18. The number of amides is 7. The van der Waals surface area contributed by atoms with Crippen molar-refractivity contribution in [2.45, 2.75) is 64.2 Å². The first-order chi connectivity index (χ1) is 35.6. The average molecular weight is 1040 g/mol. The summed E-state index contributed by atoms with van der Waals surface area (Å²) in [5.41, 5.74) is 6.35. The summed E-state index contributed by atoms with van der Waals surface area (Å²) >= 11 is 0. The summed E-state index contributed by atoms with van der Waals surface area (Å²) < 4.78 is 64.5. The first-order valence-corrected chi connectivity index (χ1v) is 23.6. The number of anilines is 3. The summed E-state index contributed by atoms with van der Waals surface area (Å²) in [4.78, 5) is 103. The first-order valence-electron chi connectivity index (χ1n) is 23.6. The van der Waals surface area contributed by atoms with Crippen molar-refractivity contribution < 1.29 is 65.4 Å². The van der Waals surface area contributed by atoms with Crippen LogP contribution >= 0.6 is 0 Å². The lowest BCUT2D eigenvalue weighted by atomic mass is 10.0. The van der Waals surface area contributed by atoms with Gasteiger partial charge in [-0.2, -0.15) is 18.3 Å². The molecule has 2 unspecified atom stereocenters. The molecular formula is C49H53F3N12O11. The van der Waals surface area contributed by atoms with Gasteiger partial charge >= 0.3 is 12.3 Å². The standard InChI is InChI=1S/C49H53F3N12O11/c1-48(2,3)75-47(71)62(27-49(50,51)52)36-22-29(14-15-55-36)44-57-34(26-74-44)42(67)56-33-24-63(59-40(33)41(53)66)30-10-8-28(9-11-30)23-60(4)38-25-61(18-21-73-38)17-20-72-19-16-54-32-7-5-6-31-39(32)46(70)64(45(31)69)35-12-13-37(65)58-43(35)68/h5-11,14-15,22,24,26,35,38,54H,12-13,16-21,23,25,27H2,1-4H3,(H2,53,66)(H,56,67)(H,58,65,68). The number of morpholine rings is 1. The molecule has 0 bridgehead atoms. The quantitative estimate of drug-likeness (QED) is 0.0707. The van der Waals surface area contributed by atoms with Crippen LogP contribution in [0.25, 0.3) is 17.1 Å². The number of nitrogens with one attached hydrogen (secondary N) is 3. The van der Waals surface area contributed by atoms with E-state index in [1.165, 1.54) is 43.8 Å². The number of pyridine rings is 1. The van der Waals surface area contributed by atoms with Gasteiger partial charge in [0.2, 0.25) is 17.7 Å². The van der Waals surface area contributed by atoms with Crippen molar-refractivity contribution in [3.63, 3.8) is 0 Å². The summed E-state index contributed by atoms with van der Waals surface area (Å²) in [7, 11) is 1.94. The van der Waals surface area contributed by atoms with E-state index in [-0.39, 0.29) is 58.7 Å². The number of halogens is 3. The third kappa shape index (κ3) is 12.8. The minimum Gasteiger partial charge on any atom is -0.444 e. The van der Waals surface area contributed by atoms with Gasteiger partial charge in [0, 0.05) is 56.6 Å². The Hall–Kier alpha value is -8.07. The zero-order valence-corrected chi connectivity index (χ0v) is 41.1. The number of aromatic nitrogens is 4. The van der Waals surface area contributed by atoms with E-state index in [4.69, 9.17) is 24.4 Å². The molecule has 5 N–H and O–H groups in total. The second kappa shape index (κ2) is 22.2. The van der Waals surface area contributed by atoms with Crippen LogP contribution < -0.4 is 26.6 Å². The van der Waals surface area contributed by atoms with Crippen LogP contribution in [0.15, 0.2) is 77.7 Å². The lowest BCUT2D eigenvalue weighted by Gasteiger charge is -2.37. The van der Waals surface area contributed by atoms with Crippen molar-refractivity contribution in [2.75, 3.05) is 75.1 Å². The number of carbonyl (C=O) groups is 7. The van der Waals surface area contributed by atoms with Gasteiger partial charge in [-0.25, -0.2) is 19.4 Å². The minimum atomic E-state index is -4.79. The van der Waals surface area contributed by atoms with Crippen LogP contribution in [-0.2, 0) is 30.3 Å². The Kier molecular flexibility index (Phi) is 15.7. The summed E-state index contributed by atoms with van der Waals surface area (Å²) in [6.45, 7) is 6.89. The van der Waals surface area contributed by atoms with E-state index in [1.54, 1.807) is 24.3 Å². The number of imide groups is 2. The van der Waals surface area contributed by atoms with Crippen molar-refractivity contribution in [1.29, 1.82) is 0 Å². The number of benzene rings is 2. The predicted molar refractivity (Wildman–Crippen MR) is 259 cm³/mol. The Morgan fingerprint density at radius 1 is 1.00 bits per heavy atom. The van der Waals surface area contributed by atoms with Gasteiger partial charge in [0.15, 0.2) is 11.4 Å². The highest BCUT2D eigenvalue weighted by atomic mass is 19.4. The number of nitrogens with two attached hydrogens (primary N) is 1. The molecule has 2 saturated heterocycles. The largest absolute Gasteiger partial charge is 0.444 e. The normalized spacial score (nSPS) is 17.3. The van der Waals surface area contributed by atoms with Gasteiger partial charge < -0.3 is 35.0 Å². The van der Waals surface area contributed by atoms with E-state index in [0.717, 1.165) is 29.0 Å². The highest BCUT2D eigenvalue weighted by Gasteiger charge is 2.46. The third-order valence-electron chi connectivity index (χ3n) is 12.0. The number of primary amides is 1. The van der Waals surface area contributed by atoms with E-state index in [0.29, 0.717) is 68.8 Å². The Morgan fingerprint density at radius 3 is 2.49 bits per heavy atom. The monoisotopic (exact) mass is 1040 g/mol. The van der Waals surface area contributed by atoms with Crippen molar-refractivity contribution in [1.82, 2.24) is 39.8 Å². The van der Waals surface area contributed by atoms with Crippen LogP contribution in [0.3, 0.4) is 0 Å². The van der Waals surface area contributed by atoms with Crippen molar-refractivity contribution in [3.8, 4) is 17.1 Å². The van der Waals surface area contributed by atoms with Crippen molar-refractivity contribution in [2.24, 2.45) is 5.73 Å². The van der Waals surface area contributed by atoms with Crippen molar-refractivity contribution in [3.05, 3.63) is 101 Å². The zero-order chi connectivity index (χ0) is 53.8. The fraction of sp³-hybridized carbons (Fsp3) is 0.388. The van der Waals surface area contributed by atoms with Crippen LogP contribution in [0.5, 0.6) is 0 Å². The molecule has 6 heterocycles.